The molecule has 0 aliphatic carbocycles. The van der Waals surface area contributed by atoms with E-state index < -0.39 is 0 Å². The van der Waals surface area contributed by atoms with E-state index in [1.807, 2.05) is 0 Å². The predicted molar refractivity (Wildman–Crippen MR) is 80.7 cm³/mol. The number of halogens is 1. The van der Waals surface area contributed by atoms with Crippen molar-refractivity contribution in [1.82, 2.24) is 14.6 Å². The van der Waals surface area contributed by atoms with Gasteiger partial charge < -0.3 is 5.32 Å². The van der Waals surface area contributed by atoms with E-state index in [9.17, 15) is 4.39 Å². The molecular weight excluding hydrogens is 267 g/mol. The summed E-state index contributed by atoms with van der Waals surface area (Å²) in [5.74, 6) is 0.174. The number of rotatable bonds is 5. The lowest BCUT2D eigenvalue weighted by Gasteiger charge is -2.04. The SMILES string of the molecule is CCCc1cccc(CNc2nc3ccc(F)cn3n2)c1. The molecule has 0 bridgehead atoms. The maximum absolute atomic E-state index is 13.1. The number of benzene rings is 1. The molecule has 5 heteroatoms. The highest BCUT2D eigenvalue weighted by molar-refractivity contribution is 5.43. The largest absolute Gasteiger partial charge is 0.349 e. The van der Waals surface area contributed by atoms with Crippen LogP contribution in [0.25, 0.3) is 5.65 Å². The van der Waals surface area contributed by atoms with Crippen molar-refractivity contribution in [3.05, 3.63) is 59.5 Å². The Bertz CT molecular complexity index is 751. The fourth-order valence-electron chi connectivity index (χ4n) is 2.30. The van der Waals surface area contributed by atoms with Gasteiger partial charge in [0, 0.05) is 6.54 Å². The summed E-state index contributed by atoms with van der Waals surface area (Å²) < 4.78 is 14.5. The monoisotopic (exact) mass is 284 g/mol. The van der Waals surface area contributed by atoms with Gasteiger partial charge in [0.2, 0.25) is 5.95 Å². The lowest BCUT2D eigenvalue weighted by atomic mass is 10.1. The van der Waals surface area contributed by atoms with Crippen molar-refractivity contribution in [1.29, 1.82) is 0 Å². The number of fused-ring (bicyclic) bond motifs is 1. The zero-order valence-electron chi connectivity index (χ0n) is 11.9. The van der Waals surface area contributed by atoms with Gasteiger partial charge in [0.25, 0.3) is 0 Å². The van der Waals surface area contributed by atoms with E-state index in [4.69, 9.17) is 0 Å². The van der Waals surface area contributed by atoms with Crippen LogP contribution in [-0.4, -0.2) is 14.6 Å². The summed E-state index contributed by atoms with van der Waals surface area (Å²) in [5.41, 5.74) is 3.14. The summed E-state index contributed by atoms with van der Waals surface area (Å²) in [6.07, 6.45) is 3.53. The summed E-state index contributed by atoms with van der Waals surface area (Å²) in [7, 11) is 0. The fraction of sp³-hybridized carbons (Fsp3) is 0.250. The highest BCUT2D eigenvalue weighted by Crippen LogP contribution is 2.11. The van der Waals surface area contributed by atoms with Crippen LogP contribution in [0.3, 0.4) is 0 Å². The molecule has 21 heavy (non-hydrogen) atoms. The van der Waals surface area contributed by atoms with Gasteiger partial charge in [-0.05, 0) is 29.7 Å². The molecule has 3 rings (SSSR count). The van der Waals surface area contributed by atoms with Crippen molar-refractivity contribution in [2.75, 3.05) is 5.32 Å². The van der Waals surface area contributed by atoms with Crippen molar-refractivity contribution in [3.63, 3.8) is 0 Å². The van der Waals surface area contributed by atoms with Gasteiger partial charge >= 0.3 is 0 Å². The van der Waals surface area contributed by atoms with Crippen LogP contribution >= 0.6 is 0 Å². The maximum Gasteiger partial charge on any atom is 0.243 e. The van der Waals surface area contributed by atoms with Gasteiger partial charge in [0.05, 0.1) is 6.20 Å². The molecule has 0 saturated carbocycles. The van der Waals surface area contributed by atoms with Crippen LogP contribution in [0.2, 0.25) is 0 Å². The smallest absolute Gasteiger partial charge is 0.243 e. The molecule has 0 radical (unpaired) electrons. The van der Waals surface area contributed by atoms with Crippen LogP contribution in [0.4, 0.5) is 10.3 Å². The van der Waals surface area contributed by atoms with E-state index in [-0.39, 0.29) is 5.82 Å². The quantitative estimate of drug-likeness (QED) is 0.780. The number of hydrogen-bond donors (Lipinski definition) is 1. The second-order valence-corrected chi connectivity index (χ2v) is 5.01. The van der Waals surface area contributed by atoms with E-state index >= 15 is 0 Å². The van der Waals surface area contributed by atoms with E-state index in [0.29, 0.717) is 18.1 Å². The van der Waals surface area contributed by atoms with E-state index in [0.717, 1.165) is 12.8 Å². The Morgan fingerprint density at radius 3 is 2.90 bits per heavy atom. The molecule has 0 saturated heterocycles. The van der Waals surface area contributed by atoms with Gasteiger partial charge in [-0.1, -0.05) is 37.6 Å². The zero-order valence-corrected chi connectivity index (χ0v) is 11.9. The molecule has 0 amide bonds. The first-order valence-electron chi connectivity index (χ1n) is 7.08. The van der Waals surface area contributed by atoms with E-state index in [1.54, 1.807) is 6.07 Å². The van der Waals surface area contributed by atoms with E-state index in [2.05, 4.69) is 46.6 Å². The van der Waals surface area contributed by atoms with Gasteiger partial charge in [-0.2, -0.15) is 4.98 Å². The highest BCUT2D eigenvalue weighted by atomic mass is 19.1. The number of nitrogens with zero attached hydrogens (tertiary/aromatic N) is 3. The van der Waals surface area contributed by atoms with Gasteiger partial charge in [-0.15, -0.1) is 5.10 Å². The first-order valence-corrected chi connectivity index (χ1v) is 7.08. The summed E-state index contributed by atoms with van der Waals surface area (Å²) in [6.45, 7) is 2.82. The summed E-state index contributed by atoms with van der Waals surface area (Å²) in [4.78, 5) is 4.30. The molecule has 0 aliphatic rings. The standard InChI is InChI=1S/C16H17FN4/c1-2-4-12-5-3-6-13(9-12)10-18-16-19-15-8-7-14(17)11-21(15)20-16/h3,5-9,11H,2,4,10H2,1H3,(H,18,20). The number of aryl methyl sites for hydroxylation is 1. The molecule has 1 aromatic carbocycles. The molecule has 108 valence electrons. The fourth-order valence-corrected chi connectivity index (χ4v) is 2.30. The molecule has 0 spiro atoms. The minimum atomic E-state index is -0.328. The minimum Gasteiger partial charge on any atom is -0.349 e. The van der Waals surface area contributed by atoms with Crippen LogP contribution in [0.15, 0.2) is 42.6 Å². The van der Waals surface area contributed by atoms with Gasteiger partial charge in [-0.25, -0.2) is 8.91 Å². The normalized spacial score (nSPS) is 11.0. The van der Waals surface area contributed by atoms with Crippen LogP contribution in [0.5, 0.6) is 0 Å². The number of nitrogens with one attached hydrogen (secondary N) is 1. The molecule has 1 N–H and O–H groups in total. The second kappa shape index (κ2) is 5.91. The Morgan fingerprint density at radius 2 is 2.05 bits per heavy atom. The molecule has 2 heterocycles. The third kappa shape index (κ3) is 3.18. The molecule has 0 atom stereocenters. The summed E-state index contributed by atoms with van der Waals surface area (Å²) >= 11 is 0. The summed E-state index contributed by atoms with van der Waals surface area (Å²) in [5, 5.41) is 7.38. The molecule has 0 fully saturated rings. The molecular formula is C16H17FN4. The van der Waals surface area contributed by atoms with Gasteiger partial charge in [-0.3, -0.25) is 0 Å². The van der Waals surface area contributed by atoms with Crippen LogP contribution in [0, 0.1) is 5.82 Å². The number of anilines is 1. The van der Waals surface area contributed by atoms with Crippen molar-refractivity contribution < 1.29 is 4.39 Å². The van der Waals surface area contributed by atoms with Gasteiger partial charge in [0.1, 0.15) is 5.82 Å². The van der Waals surface area contributed by atoms with Crippen molar-refractivity contribution in [3.8, 4) is 0 Å². The average molecular weight is 284 g/mol. The molecule has 2 aromatic heterocycles. The Balaban J connectivity index is 1.72. The van der Waals surface area contributed by atoms with Crippen molar-refractivity contribution >= 4 is 11.6 Å². The van der Waals surface area contributed by atoms with Crippen molar-refractivity contribution in [2.45, 2.75) is 26.3 Å². The molecule has 4 nitrogen and oxygen atoms in total. The Morgan fingerprint density at radius 1 is 1.19 bits per heavy atom. The molecule has 0 aliphatic heterocycles. The zero-order chi connectivity index (χ0) is 14.7. The number of pyridine rings is 1. The van der Waals surface area contributed by atoms with Crippen molar-refractivity contribution in [2.24, 2.45) is 0 Å². The van der Waals surface area contributed by atoms with Crippen LogP contribution < -0.4 is 5.32 Å². The van der Waals surface area contributed by atoms with Crippen LogP contribution in [-0.2, 0) is 13.0 Å². The highest BCUT2D eigenvalue weighted by Gasteiger charge is 2.04. The average Bonchev–Trinajstić information content (AvgIpc) is 2.88. The maximum atomic E-state index is 13.1. The molecule has 0 unspecified atom stereocenters. The lowest BCUT2D eigenvalue weighted by Crippen LogP contribution is -2.01. The second-order valence-electron chi connectivity index (χ2n) is 5.01. The number of aromatic nitrogens is 3. The van der Waals surface area contributed by atoms with E-state index in [1.165, 1.54) is 27.9 Å². The molecule has 3 aromatic rings. The third-order valence-corrected chi connectivity index (χ3v) is 3.28. The number of hydrogen-bond acceptors (Lipinski definition) is 3. The van der Waals surface area contributed by atoms with Gasteiger partial charge in [0.15, 0.2) is 5.65 Å². The topological polar surface area (TPSA) is 42.2 Å². The first-order chi connectivity index (χ1) is 10.2. The lowest BCUT2D eigenvalue weighted by molar-refractivity contribution is 0.615. The third-order valence-electron chi connectivity index (χ3n) is 3.28. The van der Waals surface area contributed by atoms with Crippen LogP contribution in [0.1, 0.15) is 24.5 Å². The minimum absolute atomic E-state index is 0.328. The Kier molecular flexibility index (Phi) is 3.81. The predicted octanol–water partition coefficient (Wildman–Crippen LogP) is 3.43. The Labute approximate surface area is 122 Å². The first kappa shape index (κ1) is 13.5. The Hall–Kier alpha value is -2.43. The summed E-state index contributed by atoms with van der Waals surface area (Å²) in [6, 6.07) is 11.4.